The second kappa shape index (κ2) is 5.05. The molecule has 0 aromatic heterocycles. The highest BCUT2D eigenvalue weighted by Crippen LogP contribution is 2.25. The van der Waals surface area contributed by atoms with E-state index < -0.39 is 0 Å². The first kappa shape index (κ1) is 10.3. The molecular formula is C11H17FO. The zero-order valence-corrected chi connectivity index (χ0v) is 8.40. The van der Waals surface area contributed by atoms with Crippen molar-refractivity contribution >= 4 is 0 Å². The number of allylic oxidation sites excluding steroid dienone is 4. The van der Waals surface area contributed by atoms with Crippen molar-refractivity contribution in [3.05, 3.63) is 23.2 Å². The smallest absolute Gasteiger partial charge is 0.160 e. The summed E-state index contributed by atoms with van der Waals surface area (Å²) in [6, 6.07) is 0. The van der Waals surface area contributed by atoms with Crippen LogP contribution in [0.4, 0.5) is 4.39 Å². The molecule has 1 aliphatic carbocycles. The van der Waals surface area contributed by atoms with Crippen molar-refractivity contribution < 1.29 is 9.13 Å². The SMILES string of the molecule is CCCCOC1=C(F)C=C(C)CC1. The molecule has 74 valence electrons. The highest BCUT2D eigenvalue weighted by molar-refractivity contribution is 5.24. The third kappa shape index (κ3) is 3.21. The summed E-state index contributed by atoms with van der Waals surface area (Å²) in [5, 5.41) is 0. The van der Waals surface area contributed by atoms with Crippen LogP contribution < -0.4 is 0 Å². The maximum Gasteiger partial charge on any atom is 0.160 e. The van der Waals surface area contributed by atoms with E-state index in [2.05, 4.69) is 6.92 Å². The van der Waals surface area contributed by atoms with E-state index in [1.165, 1.54) is 0 Å². The molecular weight excluding hydrogens is 167 g/mol. The molecule has 0 unspecified atom stereocenters. The Kier molecular flexibility index (Phi) is 4.00. The molecule has 0 amide bonds. The molecule has 0 atom stereocenters. The molecule has 0 aromatic carbocycles. The van der Waals surface area contributed by atoms with Crippen molar-refractivity contribution in [2.24, 2.45) is 0 Å². The fourth-order valence-electron chi connectivity index (χ4n) is 1.28. The Hall–Kier alpha value is -0.790. The van der Waals surface area contributed by atoms with Gasteiger partial charge in [0.1, 0.15) is 5.76 Å². The Morgan fingerprint density at radius 1 is 1.46 bits per heavy atom. The second-order valence-corrected chi connectivity index (χ2v) is 3.46. The Balaban J connectivity index is 2.44. The summed E-state index contributed by atoms with van der Waals surface area (Å²) in [7, 11) is 0. The van der Waals surface area contributed by atoms with Crippen LogP contribution in [0.1, 0.15) is 39.5 Å². The van der Waals surface area contributed by atoms with Gasteiger partial charge < -0.3 is 4.74 Å². The normalized spacial score (nSPS) is 17.3. The van der Waals surface area contributed by atoms with Crippen LogP contribution >= 0.6 is 0 Å². The van der Waals surface area contributed by atoms with Crippen LogP contribution in [0.15, 0.2) is 23.2 Å². The van der Waals surface area contributed by atoms with E-state index in [0.29, 0.717) is 12.4 Å². The Morgan fingerprint density at radius 3 is 2.85 bits per heavy atom. The molecule has 0 spiro atoms. The number of ether oxygens (including phenoxy) is 1. The van der Waals surface area contributed by atoms with E-state index in [4.69, 9.17) is 4.74 Å². The minimum absolute atomic E-state index is 0.181. The number of hydrogen-bond acceptors (Lipinski definition) is 1. The zero-order chi connectivity index (χ0) is 9.68. The summed E-state index contributed by atoms with van der Waals surface area (Å²) >= 11 is 0. The summed E-state index contributed by atoms with van der Waals surface area (Å²) in [6.07, 6.45) is 5.31. The first-order valence-electron chi connectivity index (χ1n) is 4.92. The van der Waals surface area contributed by atoms with Crippen molar-refractivity contribution in [1.82, 2.24) is 0 Å². The molecule has 0 N–H and O–H groups in total. The van der Waals surface area contributed by atoms with Crippen LogP contribution in [-0.4, -0.2) is 6.61 Å². The van der Waals surface area contributed by atoms with Crippen LogP contribution in [0.2, 0.25) is 0 Å². The van der Waals surface area contributed by atoms with Crippen LogP contribution in [0, 0.1) is 0 Å². The topological polar surface area (TPSA) is 9.23 Å². The molecule has 13 heavy (non-hydrogen) atoms. The van der Waals surface area contributed by atoms with Crippen LogP contribution in [0.5, 0.6) is 0 Å². The van der Waals surface area contributed by atoms with E-state index in [1.54, 1.807) is 6.08 Å². The predicted molar refractivity (Wildman–Crippen MR) is 52.0 cm³/mol. The fourth-order valence-corrected chi connectivity index (χ4v) is 1.28. The lowest BCUT2D eigenvalue weighted by molar-refractivity contribution is 0.187. The van der Waals surface area contributed by atoms with Crippen molar-refractivity contribution in [2.75, 3.05) is 6.61 Å². The highest BCUT2D eigenvalue weighted by atomic mass is 19.1. The lowest BCUT2D eigenvalue weighted by atomic mass is 10.0. The first-order chi connectivity index (χ1) is 6.24. The van der Waals surface area contributed by atoms with Gasteiger partial charge in [-0.15, -0.1) is 0 Å². The molecule has 0 heterocycles. The van der Waals surface area contributed by atoms with E-state index in [9.17, 15) is 4.39 Å². The average molecular weight is 184 g/mol. The van der Waals surface area contributed by atoms with Gasteiger partial charge in [0.25, 0.3) is 0 Å². The third-order valence-corrected chi connectivity index (χ3v) is 2.16. The summed E-state index contributed by atoms with van der Waals surface area (Å²) in [5.41, 5.74) is 1.10. The van der Waals surface area contributed by atoms with Gasteiger partial charge in [-0.05, 0) is 25.8 Å². The molecule has 1 aliphatic rings. The molecule has 2 heteroatoms. The molecule has 0 saturated heterocycles. The largest absolute Gasteiger partial charge is 0.495 e. The van der Waals surface area contributed by atoms with Gasteiger partial charge in [0.15, 0.2) is 5.83 Å². The number of halogens is 1. The van der Waals surface area contributed by atoms with Crippen LogP contribution in [-0.2, 0) is 4.74 Å². The van der Waals surface area contributed by atoms with E-state index in [0.717, 1.165) is 31.3 Å². The second-order valence-electron chi connectivity index (χ2n) is 3.46. The molecule has 1 nitrogen and oxygen atoms in total. The van der Waals surface area contributed by atoms with Gasteiger partial charge in [0.2, 0.25) is 0 Å². The standard InChI is InChI=1S/C11H17FO/c1-3-4-7-13-11-6-5-9(2)8-10(11)12/h8H,3-7H2,1-2H3. The van der Waals surface area contributed by atoms with Gasteiger partial charge in [-0.2, -0.15) is 0 Å². The Labute approximate surface area is 79.3 Å². The lowest BCUT2D eigenvalue weighted by Crippen LogP contribution is -2.01. The van der Waals surface area contributed by atoms with Gasteiger partial charge in [-0.3, -0.25) is 0 Å². The third-order valence-electron chi connectivity index (χ3n) is 2.16. The van der Waals surface area contributed by atoms with Gasteiger partial charge in [-0.1, -0.05) is 18.9 Å². The predicted octanol–water partition coefficient (Wildman–Crippen LogP) is 3.72. The first-order valence-corrected chi connectivity index (χ1v) is 4.92. The number of hydrogen-bond donors (Lipinski definition) is 0. The van der Waals surface area contributed by atoms with Gasteiger partial charge in [0.05, 0.1) is 6.61 Å². The van der Waals surface area contributed by atoms with Crippen molar-refractivity contribution in [2.45, 2.75) is 39.5 Å². The monoisotopic (exact) mass is 184 g/mol. The van der Waals surface area contributed by atoms with Gasteiger partial charge >= 0.3 is 0 Å². The molecule has 0 radical (unpaired) electrons. The van der Waals surface area contributed by atoms with E-state index >= 15 is 0 Å². The van der Waals surface area contributed by atoms with Gasteiger partial charge in [0, 0.05) is 6.42 Å². The molecule has 0 saturated carbocycles. The van der Waals surface area contributed by atoms with Crippen LogP contribution in [0.3, 0.4) is 0 Å². The molecule has 0 aliphatic heterocycles. The minimum Gasteiger partial charge on any atom is -0.495 e. The maximum absolute atomic E-state index is 13.2. The summed E-state index contributed by atoms with van der Waals surface area (Å²) in [6.45, 7) is 4.69. The van der Waals surface area contributed by atoms with Gasteiger partial charge in [-0.25, -0.2) is 4.39 Å². The molecule has 0 fully saturated rings. The number of unbranched alkanes of at least 4 members (excludes halogenated alkanes) is 1. The fraction of sp³-hybridized carbons (Fsp3) is 0.636. The summed E-state index contributed by atoms with van der Waals surface area (Å²) in [5.74, 6) is 0.360. The zero-order valence-electron chi connectivity index (χ0n) is 8.40. The highest BCUT2D eigenvalue weighted by Gasteiger charge is 2.11. The molecule has 1 rings (SSSR count). The summed E-state index contributed by atoms with van der Waals surface area (Å²) in [4.78, 5) is 0. The van der Waals surface area contributed by atoms with Crippen molar-refractivity contribution in [3.8, 4) is 0 Å². The van der Waals surface area contributed by atoms with Crippen LogP contribution in [0.25, 0.3) is 0 Å². The molecule has 0 aromatic rings. The quantitative estimate of drug-likeness (QED) is 0.605. The van der Waals surface area contributed by atoms with E-state index in [1.807, 2.05) is 6.92 Å². The van der Waals surface area contributed by atoms with Crippen molar-refractivity contribution in [3.63, 3.8) is 0 Å². The van der Waals surface area contributed by atoms with Crippen molar-refractivity contribution in [1.29, 1.82) is 0 Å². The summed E-state index contributed by atoms with van der Waals surface area (Å²) < 4.78 is 18.5. The Bertz CT molecular complexity index is 228. The minimum atomic E-state index is -0.181. The molecule has 0 bridgehead atoms. The number of rotatable bonds is 4. The lowest BCUT2D eigenvalue weighted by Gasteiger charge is -2.14. The maximum atomic E-state index is 13.2. The Morgan fingerprint density at radius 2 is 2.23 bits per heavy atom. The van der Waals surface area contributed by atoms with E-state index in [-0.39, 0.29) is 5.83 Å². The average Bonchev–Trinajstić information content (AvgIpc) is 2.09.